The second-order valence-electron chi connectivity index (χ2n) is 8.00. The molecule has 1 aromatic heterocycles. The summed E-state index contributed by atoms with van der Waals surface area (Å²) in [6, 6.07) is 10.4. The average molecular weight is 387 g/mol. The van der Waals surface area contributed by atoms with Crippen LogP contribution >= 0.6 is 11.6 Å². The number of nitrogens with zero attached hydrogens (tertiary/aromatic N) is 3. The molecule has 1 N–H and O–H groups in total. The van der Waals surface area contributed by atoms with Gasteiger partial charge in [0, 0.05) is 49.4 Å². The summed E-state index contributed by atoms with van der Waals surface area (Å²) in [6.45, 7) is 3.17. The Morgan fingerprint density at radius 3 is 2.48 bits per heavy atom. The van der Waals surface area contributed by atoms with Crippen molar-refractivity contribution < 1.29 is 4.79 Å². The van der Waals surface area contributed by atoms with Crippen molar-refractivity contribution in [2.24, 2.45) is 7.05 Å². The first-order valence-electron chi connectivity index (χ1n) is 9.83. The van der Waals surface area contributed by atoms with Crippen LogP contribution in [0.5, 0.6) is 0 Å². The number of piperidine rings is 1. The molecular formula is C21H27ClN4O. The fourth-order valence-electron chi connectivity index (χ4n) is 4.46. The molecule has 1 amide bonds. The van der Waals surface area contributed by atoms with E-state index in [-0.39, 0.29) is 17.4 Å². The lowest BCUT2D eigenvalue weighted by atomic mass is 9.64. The lowest BCUT2D eigenvalue weighted by molar-refractivity contribution is 0.0861. The second kappa shape index (κ2) is 7.64. The summed E-state index contributed by atoms with van der Waals surface area (Å²) < 4.78 is 1.62. The number of hydrogen-bond acceptors (Lipinski definition) is 3. The summed E-state index contributed by atoms with van der Waals surface area (Å²) >= 11 is 6.07. The molecule has 1 aliphatic carbocycles. The molecule has 144 valence electrons. The van der Waals surface area contributed by atoms with Crippen molar-refractivity contribution in [3.8, 4) is 0 Å². The zero-order valence-corrected chi connectivity index (χ0v) is 16.6. The number of likely N-dealkylation sites (tertiary alicyclic amines) is 1. The van der Waals surface area contributed by atoms with Crippen molar-refractivity contribution in [3.63, 3.8) is 0 Å². The van der Waals surface area contributed by atoms with E-state index >= 15 is 0 Å². The van der Waals surface area contributed by atoms with Gasteiger partial charge in [-0.05, 0) is 49.4 Å². The molecule has 1 aromatic carbocycles. The largest absolute Gasteiger partial charge is 0.348 e. The van der Waals surface area contributed by atoms with E-state index in [1.165, 1.54) is 24.8 Å². The first kappa shape index (κ1) is 18.5. The third-order valence-corrected chi connectivity index (χ3v) is 6.52. The summed E-state index contributed by atoms with van der Waals surface area (Å²) in [5.74, 6) is -0.0231. The fraction of sp³-hybridized carbons (Fsp3) is 0.524. The molecule has 4 rings (SSSR count). The van der Waals surface area contributed by atoms with E-state index in [0.29, 0.717) is 5.69 Å². The Morgan fingerprint density at radius 2 is 1.93 bits per heavy atom. The molecule has 1 saturated carbocycles. The highest BCUT2D eigenvalue weighted by molar-refractivity contribution is 6.30. The van der Waals surface area contributed by atoms with Crippen LogP contribution in [-0.2, 0) is 12.5 Å². The number of carbonyl (C=O) groups excluding carboxylic acids is 1. The molecule has 0 spiro atoms. The number of carbonyl (C=O) groups is 1. The number of rotatable bonds is 5. The number of hydrogen-bond donors (Lipinski definition) is 1. The molecule has 0 unspecified atom stereocenters. The van der Waals surface area contributed by atoms with Gasteiger partial charge in [-0.2, -0.15) is 5.10 Å². The normalized spacial score (nSPS) is 20.2. The van der Waals surface area contributed by atoms with Gasteiger partial charge >= 0.3 is 0 Å². The molecule has 2 aliphatic rings. The van der Waals surface area contributed by atoms with E-state index in [1.807, 2.05) is 12.1 Å². The summed E-state index contributed by atoms with van der Waals surface area (Å²) in [6.07, 6.45) is 7.48. The van der Waals surface area contributed by atoms with Crippen LogP contribution in [0.15, 0.2) is 36.5 Å². The Kier molecular flexibility index (Phi) is 5.24. The number of aryl methyl sites for hydroxylation is 1. The standard InChI is InChI=1S/C21H27ClN4O/c1-25-19(7-12-23-25)20(27)24-18-8-13-26(14-9-18)15-21(10-2-11-21)16-3-5-17(22)6-4-16/h3-7,12,18H,2,8-11,13-15H2,1H3,(H,24,27). The van der Waals surface area contributed by atoms with Crippen LogP contribution in [-0.4, -0.2) is 46.3 Å². The topological polar surface area (TPSA) is 50.2 Å². The maximum atomic E-state index is 12.4. The first-order valence-corrected chi connectivity index (χ1v) is 10.2. The molecule has 2 fully saturated rings. The van der Waals surface area contributed by atoms with Crippen molar-refractivity contribution in [1.82, 2.24) is 20.0 Å². The molecule has 0 bridgehead atoms. The molecule has 6 heteroatoms. The fourth-order valence-corrected chi connectivity index (χ4v) is 4.59. The predicted octanol–water partition coefficient (Wildman–Crippen LogP) is 3.39. The molecule has 2 aromatic rings. The minimum absolute atomic E-state index is 0.0231. The van der Waals surface area contributed by atoms with E-state index < -0.39 is 0 Å². The zero-order valence-electron chi connectivity index (χ0n) is 15.8. The van der Waals surface area contributed by atoms with Crippen molar-refractivity contribution in [2.45, 2.75) is 43.6 Å². The zero-order chi connectivity index (χ0) is 18.9. The summed E-state index contributed by atoms with van der Waals surface area (Å²) in [7, 11) is 1.80. The van der Waals surface area contributed by atoms with Gasteiger partial charge in [0.2, 0.25) is 0 Å². The van der Waals surface area contributed by atoms with Gasteiger partial charge < -0.3 is 10.2 Å². The van der Waals surface area contributed by atoms with Gasteiger partial charge in [0.15, 0.2) is 0 Å². The molecule has 5 nitrogen and oxygen atoms in total. The monoisotopic (exact) mass is 386 g/mol. The maximum Gasteiger partial charge on any atom is 0.269 e. The van der Waals surface area contributed by atoms with Crippen molar-refractivity contribution >= 4 is 17.5 Å². The van der Waals surface area contributed by atoms with E-state index in [0.717, 1.165) is 37.5 Å². The molecule has 0 atom stereocenters. The molecule has 0 radical (unpaired) electrons. The Bertz CT molecular complexity index is 789. The number of aromatic nitrogens is 2. The van der Waals surface area contributed by atoms with E-state index in [2.05, 4.69) is 27.4 Å². The minimum atomic E-state index is -0.0231. The smallest absolute Gasteiger partial charge is 0.269 e. The number of nitrogens with one attached hydrogen (secondary N) is 1. The van der Waals surface area contributed by atoms with Gasteiger partial charge in [-0.15, -0.1) is 0 Å². The van der Waals surface area contributed by atoms with Crippen LogP contribution in [0, 0.1) is 0 Å². The van der Waals surface area contributed by atoms with Crippen molar-refractivity contribution in [1.29, 1.82) is 0 Å². The van der Waals surface area contributed by atoms with Gasteiger partial charge in [0.1, 0.15) is 5.69 Å². The quantitative estimate of drug-likeness (QED) is 0.856. The molecule has 27 heavy (non-hydrogen) atoms. The van der Waals surface area contributed by atoms with Crippen LogP contribution in [0.2, 0.25) is 5.02 Å². The van der Waals surface area contributed by atoms with Crippen LogP contribution in [0.3, 0.4) is 0 Å². The lowest BCUT2D eigenvalue weighted by Crippen LogP contribution is -2.51. The van der Waals surface area contributed by atoms with E-state index in [1.54, 1.807) is 24.0 Å². The third-order valence-electron chi connectivity index (χ3n) is 6.27. The predicted molar refractivity (Wildman–Crippen MR) is 107 cm³/mol. The van der Waals surface area contributed by atoms with Gasteiger partial charge in [-0.25, -0.2) is 0 Å². The highest BCUT2D eigenvalue weighted by atomic mass is 35.5. The van der Waals surface area contributed by atoms with E-state index in [4.69, 9.17) is 11.6 Å². The van der Waals surface area contributed by atoms with Crippen LogP contribution in [0.1, 0.15) is 48.2 Å². The minimum Gasteiger partial charge on any atom is -0.348 e. The van der Waals surface area contributed by atoms with Crippen LogP contribution < -0.4 is 5.32 Å². The van der Waals surface area contributed by atoms with Gasteiger partial charge in [-0.1, -0.05) is 30.2 Å². The lowest BCUT2D eigenvalue weighted by Gasteiger charge is -2.47. The number of benzene rings is 1. The molecule has 1 saturated heterocycles. The highest BCUT2D eigenvalue weighted by Gasteiger charge is 2.40. The van der Waals surface area contributed by atoms with Crippen LogP contribution in [0.4, 0.5) is 0 Å². The van der Waals surface area contributed by atoms with Crippen molar-refractivity contribution in [3.05, 3.63) is 52.8 Å². The summed E-state index contributed by atoms with van der Waals surface area (Å²) in [5, 5.41) is 8.05. The van der Waals surface area contributed by atoms with Crippen molar-refractivity contribution in [2.75, 3.05) is 19.6 Å². The van der Waals surface area contributed by atoms with Gasteiger partial charge in [0.25, 0.3) is 5.91 Å². The Balaban J connectivity index is 1.32. The number of halogens is 1. The SMILES string of the molecule is Cn1nccc1C(=O)NC1CCN(CC2(c3ccc(Cl)cc3)CCC2)CC1. The maximum absolute atomic E-state index is 12.4. The summed E-state index contributed by atoms with van der Waals surface area (Å²) in [4.78, 5) is 14.9. The van der Waals surface area contributed by atoms with E-state index in [9.17, 15) is 4.79 Å². The third kappa shape index (κ3) is 3.90. The molecular weight excluding hydrogens is 360 g/mol. The molecule has 2 heterocycles. The second-order valence-corrected chi connectivity index (χ2v) is 8.44. The van der Waals surface area contributed by atoms with Gasteiger partial charge in [-0.3, -0.25) is 9.48 Å². The van der Waals surface area contributed by atoms with Crippen LogP contribution in [0.25, 0.3) is 0 Å². The Labute approximate surface area is 165 Å². The first-order chi connectivity index (χ1) is 13.1. The average Bonchev–Trinajstić information content (AvgIpc) is 3.07. The number of amides is 1. The van der Waals surface area contributed by atoms with Gasteiger partial charge in [0.05, 0.1) is 0 Å². The highest BCUT2D eigenvalue weighted by Crippen LogP contribution is 2.44. The Hall–Kier alpha value is -1.85. The molecule has 1 aliphatic heterocycles. The Morgan fingerprint density at radius 1 is 1.22 bits per heavy atom. The summed E-state index contributed by atoms with van der Waals surface area (Å²) in [5.41, 5.74) is 2.33.